The van der Waals surface area contributed by atoms with Gasteiger partial charge in [-0.25, -0.2) is 9.59 Å². The summed E-state index contributed by atoms with van der Waals surface area (Å²) in [4.78, 5) is 26.6. The van der Waals surface area contributed by atoms with Crippen molar-refractivity contribution < 1.29 is 24.2 Å². The Morgan fingerprint density at radius 1 is 0.900 bits per heavy atom. The maximum Gasteiger partial charge on any atom is 0.336 e. The molecule has 0 aliphatic heterocycles. The molecule has 3 aromatic carbocycles. The van der Waals surface area contributed by atoms with E-state index >= 15 is 0 Å². The minimum absolute atomic E-state index is 0.0178. The molecule has 1 unspecified atom stereocenters. The van der Waals surface area contributed by atoms with Gasteiger partial charge < -0.3 is 24.8 Å². The molecule has 40 heavy (non-hydrogen) atoms. The molecule has 1 aliphatic carbocycles. The number of para-hydroxylation sites is 1. The van der Waals surface area contributed by atoms with E-state index in [1.54, 1.807) is 0 Å². The molecule has 7 nitrogen and oxygen atoms in total. The van der Waals surface area contributed by atoms with E-state index in [1.807, 2.05) is 78.6 Å². The summed E-state index contributed by atoms with van der Waals surface area (Å²) in [7, 11) is 0. The molecule has 4 rings (SSSR count). The van der Waals surface area contributed by atoms with Crippen LogP contribution in [0.15, 0.2) is 78.9 Å². The molecule has 2 N–H and O–H groups in total. The van der Waals surface area contributed by atoms with E-state index in [1.165, 1.54) is 5.56 Å². The Balaban J connectivity index is 1.27. The maximum absolute atomic E-state index is 13.1. The van der Waals surface area contributed by atoms with Crippen LogP contribution in [0.1, 0.15) is 59.2 Å². The van der Waals surface area contributed by atoms with Gasteiger partial charge in [0, 0.05) is 18.8 Å². The standard InChI is InChI=1S/C33H40N2O5/c1-25-11-8-15-27(31(25)32(36)37)24-40-30-19-9-18-29(23-30)39-22-21-35(20-10-14-26-12-4-2-5-13-26)33(38)34-28-16-6-3-7-17-28/h2-8,11-13,15-17,29-30H,9-10,14,18-24H2,1H3,(H,34,38)(H,36,37)/t29-,30?/m0/s1. The minimum Gasteiger partial charge on any atom is -0.478 e. The van der Waals surface area contributed by atoms with E-state index in [-0.39, 0.29) is 24.8 Å². The zero-order valence-electron chi connectivity index (χ0n) is 23.3. The number of anilines is 1. The van der Waals surface area contributed by atoms with Crippen molar-refractivity contribution in [1.82, 2.24) is 4.90 Å². The minimum atomic E-state index is -0.925. The van der Waals surface area contributed by atoms with E-state index in [2.05, 4.69) is 17.4 Å². The summed E-state index contributed by atoms with van der Waals surface area (Å²) in [6, 6.07) is 25.2. The highest BCUT2D eigenvalue weighted by molar-refractivity contribution is 5.91. The van der Waals surface area contributed by atoms with Gasteiger partial charge in [0.05, 0.1) is 31.0 Å². The lowest BCUT2D eigenvalue weighted by Gasteiger charge is -2.30. The maximum atomic E-state index is 13.1. The van der Waals surface area contributed by atoms with Crippen molar-refractivity contribution in [3.8, 4) is 0 Å². The van der Waals surface area contributed by atoms with Crippen LogP contribution in [0.5, 0.6) is 0 Å². The quantitative estimate of drug-likeness (QED) is 0.250. The first-order chi connectivity index (χ1) is 19.5. The number of carbonyl (C=O) groups is 2. The first-order valence-corrected chi connectivity index (χ1v) is 14.2. The lowest BCUT2D eigenvalue weighted by atomic mass is 9.94. The smallest absolute Gasteiger partial charge is 0.336 e. The van der Waals surface area contributed by atoms with Crippen LogP contribution >= 0.6 is 0 Å². The fourth-order valence-corrected chi connectivity index (χ4v) is 5.25. The van der Waals surface area contributed by atoms with Crippen molar-refractivity contribution in [3.05, 3.63) is 101 Å². The number of nitrogens with one attached hydrogen (secondary N) is 1. The monoisotopic (exact) mass is 544 g/mol. The third-order valence-corrected chi connectivity index (χ3v) is 7.39. The van der Waals surface area contributed by atoms with E-state index in [9.17, 15) is 14.7 Å². The molecule has 0 radical (unpaired) electrons. The van der Waals surface area contributed by atoms with Crippen molar-refractivity contribution in [2.24, 2.45) is 0 Å². The number of carboxylic acids is 1. The number of urea groups is 1. The second kappa shape index (κ2) is 15.2. The van der Waals surface area contributed by atoms with Crippen molar-refractivity contribution in [1.29, 1.82) is 0 Å². The Morgan fingerprint density at radius 2 is 1.60 bits per heavy atom. The topological polar surface area (TPSA) is 88.1 Å². The first kappa shape index (κ1) is 29.3. The molecule has 0 heterocycles. The van der Waals surface area contributed by atoms with Crippen LogP contribution in [0.3, 0.4) is 0 Å². The van der Waals surface area contributed by atoms with Crippen LogP contribution in [0.25, 0.3) is 0 Å². The van der Waals surface area contributed by atoms with Gasteiger partial charge in [-0.3, -0.25) is 0 Å². The Labute approximate surface area is 237 Å². The van der Waals surface area contributed by atoms with Crippen molar-refractivity contribution in [3.63, 3.8) is 0 Å². The Hall–Kier alpha value is -3.68. The number of carboxylic acid groups (broad SMARTS) is 1. The molecule has 1 fully saturated rings. The largest absolute Gasteiger partial charge is 0.478 e. The van der Waals surface area contributed by atoms with Gasteiger partial charge in [0.25, 0.3) is 0 Å². The number of nitrogens with zero attached hydrogens (tertiary/aromatic N) is 1. The number of benzene rings is 3. The van der Waals surface area contributed by atoms with Crippen molar-refractivity contribution in [2.45, 2.75) is 64.3 Å². The van der Waals surface area contributed by atoms with Gasteiger partial charge >= 0.3 is 12.0 Å². The average molecular weight is 545 g/mol. The highest BCUT2D eigenvalue weighted by Gasteiger charge is 2.24. The van der Waals surface area contributed by atoms with E-state index in [0.717, 1.165) is 49.8 Å². The molecule has 2 atom stereocenters. The van der Waals surface area contributed by atoms with Crippen LogP contribution in [0.4, 0.5) is 10.5 Å². The fourth-order valence-electron chi connectivity index (χ4n) is 5.25. The number of carbonyl (C=O) groups excluding carboxylic acids is 1. The average Bonchev–Trinajstić information content (AvgIpc) is 2.96. The summed E-state index contributed by atoms with van der Waals surface area (Å²) in [5.41, 5.74) is 3.80. The fraction of sp³-hybridized carbons (Fsp3) is 0.394. The van der Waals surface area contributed by atoms with Gasteiger partial charge in [-0.2, -0.15) is 0 Å². The van der Waals surface area contributed by atoms with E-state index in [4.69, 9.17) is 9.47 Å². The van der Waals surface area contributed by atoms with E-state index in [0.29, 0.717) is 30.8 Å². The SMILES string of the molecule is Cc1cccc(COC2CCC[C@H](OCCN(CCCc3ccccc3)C(=O)Nc3ccccc3)C2)c1C(=O)O. The van der Waals surface area contributed by atoms with Gasteiger partial charge in [-0.1, -0.05) is 66.7 Å². The predicted octanol–water partition coefficient (Wildman–Crippen LogP) is 6.70. The highest BCUT2D eigenvalue weighted by atomic mass is 16.5. The Kier molecular flexibility index (Phi) is 11.1. The zero-order chi connectivity index (χ0) is 28.2. The molecule has 0 spiro atoms. The summed E-state index contributed by atoms with van der Waals surface area (Å²) < 4.78 is 12.4. The summed E-state index contributed by atoms with van der Waals surface area (Å²) >= 11 is 0. The third kappa shape index (κ3) is 8.93. The number of rotatable bonds is 13. The number of amides is 2. The number of ether oxygens (including phenoxy) is 2. The van der Waals surface area contributed by atoms with Crippen molar-refractivity contribution in [2.75, 3.05) is 25.0 Å². The van der Waals surface area contributed by atoms with Crippen LogP contribution in [-0.4, -0.2) is 53.9 Å². The van der Waals surface area contributed by atoms with Gasteiger partial charge in [-0.15, -0.1) is 0 Å². The molecule has 0 saturated heterocycles. The summed E-state index contributed by atoms with van der Waals surface area (Å²) in [6.45, 7) is 3.67. The normalized spacial score (nSPS) is 16.8. The molecular formula is C33H40N2O5. The molecule has 3 aromatic rings. The van der Waals surface area contributed by atoms with Crippen molar-refractivity contribution >= 4 is 17.7 Å². The number of hydrogen-bond acceptors (Lipinski definition) is 4. The Morgan fingerprint density at radius 3 is 2.33 bits per heavy atom. The van der Waals surface area contributed by atoms with Crippen LogP contribution < -0.4 is 5.32 Å². The van der Waals surface area contributed by atoms with Gasteiger partial charge in [0.2, 0.25) is 0 Å². The first-order valence-electron chi connectivity index (χ1n) is 14.2. The van der Waals surface area contributed by atoms with Gasteiger partial charge in [-0.05, 0) is 74.3 Å². The molecule has 1 saturated carbocycles. The van der Waals surface area contributed by atoms with E-state index < -0.39 is 5.97 Å². The second-order valence-corrected chi connectivity index (χ2v) is 10.4. The van der Waals surface area contributed by atoms with Gasteiger partial charge in [0.1, 0.15) is 0 Å². The molecule has 0 bridgehead atoms. The summed E-state index contributed by atoms with van der Waals surface area (Å²) in [5.74, 6) is -0.925. The molecule has 1 aliphatic rings. The number of hydrogen-bond donors (Lipinski definition) is 2. The highest BCUT2D eigenvalue weighted by Crippen LogP contribution is 2.25. The van der Waals surface area contributed by atoms with Crippen LogP contribution in [0.2, 0.25) is 0 Å². The molecule has 7 heteroatoms. The lowest BCUT2D eigenvalue weighted by Crippen LogP contribution is -2.39. The molecule has 0 aromatic heterocycles. The van der Waals surface area contributed by atoms with Crippen LogP contribution in [-0.2, 0) is 22.5 Å². The molecule has 2 amide bonds. The summed E-state index contributed by atoms with van der Waals surface area (Å²) in [5, 5.41) is 12.6. The summed E-state index contributed by atoms with van der Waals surface area (Å²) in [6.07, 6.45) is 5.48. The molecule has 212 valence electrons. The third-order valence-electron chi connectivity index (χ3n) is 7.39. The molecular weight excluding hydrogens is 504 g/mol. The second-order valence-electron chi connectivity index (χ2n) is 10.4. The van der Waals surface area contributed by atoms with Gasteiger partial charge in [0.15, 0.2) is 0 Å². The Bertz CT molecular complexity index is 1220. The lowest BCUT2D eigenvalue weighted by molar-refractivity contribution is -0.0523. The number of aryl methyl sites for hydroxylation is 2. The number of aromatic carboxylic acids is 1. The predicted molar refractivity (Wildman–Crippen MR) is 157 cm³/mol. The zero-order valence-corrected chi connectivity index (χ0v) is 23.3. The van der Waals surface area contributed by atoms with Crippen LogP contribution in [0, 0.1) is 6.92 Å².